The summed E-state index contributed by atoms with van der Waals surface area (Å²) in [5.41, 5.74) is 5.09. The molecule has 2 atom stereocenters. The smallest absolute Gasteiger partial charge is 0.332 e. The van der Waals surface area contributed by atoms with E-state index in [-0.39, 0.29) is 12.5 Å². The number of aliphatic carboxylic acids is 1. The third-order valence-electron chi connectivity index (χ3n) is 1.16. The Balaban J connectivity index is 3.72. The Morgan fingerprint density at radius 1 is 1.78 bits per heavy atom. The van der Waals surface area contributed by atoms with Gasteiger partial charge < -0.3 is 15.9 Å². The van der Waals surface area contributed by atoms with E-state index in [1.807, 2.05) is 0 Å². The van der Waals surface area contributed by atoms with E-state index in [2.05, 4.69) is 0 Å². The maximum Gasteiger partial charge on any atom is 0.332 e. The van der Waals surface area contributed by atoms with Gasteiger partial charge in [-0.2, -0.15) is 0 Å². The van der Waals surface area contributed by atoms with Gasteiger partial charge in [-0.1, -0.05) is 6.92 Å². The Kier molecular flexibility index (Phi) is 3.19. The van der Waals surface area contributed by atoms with E-state index in [4.69, 9.17) is 15.9 Å². The van der Waals surface area contributed by atoms with E-state index in [0.717, 1.165) is 0 Å². The molecule has 0 aromatic rings. The van der Waals surface area contributed by atoms with Crippen LogP contribution in [0.3, 0.4) is 0 Å². The van der Waals surface area contributed by atoms with Crippen molar-refractivity contribution in [3.05, 3.63) is 0 Å². The molecule has 0 bridgehead atoms. The standard InChI is InChI=1S/C5H11NO3/c1-3(2-6)4(7)5(8)9/h3-4,7H,2,6H2,1H3,(H,8,9)/t3-,4-/m1/s1. The zero-order valence-corrected chi connectivity index (χ0v) is 5.24. The lowest BCUT2D eigenvalue weighted by molar-refractivity contribution is -0.149. The summed E-state index contributed by atoms with van der Waals surface area (Å²) in [6.45, 7) is 1.77. The Morgan fingerprint density at radius 2 is 2.22 bits per heavy atom. The number of aliphatic hydroxyl groups is 1. The third kappa shape index (κ3) is 2.43. The van der Waals surface area contributed by atoms with E-state index in [1.165, 1.54) is 0 Å². The number of aliphatic hydroxyl groups excluding tert-OH is 1. The Hall–Kier alpha value is -0.610. The largest absolute Gasteiger partial charge is 0.479 e. The van der Waals surface area contributed by atoms with E-state index in [0.29, 0.717) is 0 Å². The highest BCUT2D eigenvalue weighted by Crippen LogP contribution is 1.99. The van der Waals surface area contributed by atoms with Gasteiger partial charge in [-0.15, -0.1) is 0 Å². The van der Waals surface area contributed by atoms with Gasteiger partial charge in [0.15, 0.2) is 6.10 Å². The monoisotopic (exact) mass is 133 g/mol. The minimum atomic E-state index is -1.32. The van der Waals surface area contributed by atoms with E-state index in [9.17, 15) is 4.79 Å². The van der Waals surface area contributed by atoms with Crippen molar-refractivity contribution in [1.82, 2.24) is 0 Å². The molecule has 0 aromatic heterocycles. The molecule has 0 amide bonds. The van der Waals surface area contributed by atoms with Crippen molar-refractivity contribution in [2.24, 2.45) is 11.7 Å². The van der Waals surface area contributed by atoms with Crippen LogP contribution in [0, 0.1) is 5.92 Å². The summed E-state index contributed by atoms with van der Waals surface area (Å²) < 4.78 is 0. The molecule has 0 spiro atoms. The average Bonchev–Trinajstić information content (AvgIpc) is 1.84. The highest BCUT2D eigenvalue weighted by Gasteiger charge is 2.19. The van der Waals surface area contributed by atoms with Gasteiger partial charge in [-0.25, -0.2) is 4.79 Å². The molecule has 0 saturated heterocycles. The van der Waals surface area contributed by atoms with Crippen molar-refractivity contribution in [1.29, 1.82) is 0 Å². The number of carboxylic acids is 1. The van der Waals surface area contributed by atoms with Crippen molar-refractivity contribution < 1.29 is 15.0 Å². The molecule has 0 aliphatic carbocycles. The zero-order valence-electron chi connectivity index (χ0n) is 5.24. The Labute approximate surface area is 53.3 Å². The summed E-state index contributed by atoms with van der Waals surface area (Å²) in [5, 5.41) is 16.9. The first-order chi connectivity index (χ1) is 4.09. The normalized spacial score (nSPS) is 16.8. The van der Waals surface area contributed by atoms with E-state index >= 15 is 0 Å². The van der Waals surface area contributed by atoms with Crippen LogP contribution in [0.25, 0.3) is 0 Å². The van der Waals surface area contributed by atoms with Crippen LogP contribution < -0.4 is 5.73 Å². The van der Waals surface area contributed by atoms with Gasteiger partial charge >= 0.3 is 5.97 Å². The van der Waals surface area contributed by atoms with Crippen LogP contribution >= 0.6 is 0 Å². The highest BCUT2D eigenvalue weighted by molar-refractivity contribution is 5.72. The molecule has 0 unspecified atom stereocenters. The van der Waals surface area contributed by atoms with Gasteiger partial charge in [-0.3, -0.25) is 0 Å². The summed E-state index contributed by atoms with van der Waals surface area (Å²) in [4.78, 5) is 9.99. The number of hydrogen-bond acceptors (Lipinski definition) is 3. The lowest BCUT2D eigenvalue weighted by Crippen LogP contribution is -2.32. The second kappa shape index (κ2) is 3.42. The third-order valence-corrected chi connectivity index (χ3v) is 1.16. The SMILES string of the molecule is C[C@H](CN)[C@@H](O)C(=O)O. The van der Waals surface area contributed by atoms with Crippen LogP contribution in [0.15, 0.2) is 0 Å². The Bertz CT molecular complexity index is 104. The highest BCUT2D eigenvalue weighted by atomic mass is 16.4. The molecular formula is C5H11NO3. The van der Waals surface area contributed by atoms with Crippen molar-refractivity contribution in [3.8, 4) is 0 Å². The molecule has 0 rings (SSSR count). The van der Waals surface area contributed by atoms with E-state index < -0.39 is 12.1 Å². The van der Waals surface area contributed by atoms with Crippen LogP contribution in [0.5, 0.6) is 0 Å². The molecule has 0 aliphatic rings. The molecule has 0 aliphatic heterocycles. The molecule has 54 valence electrons. The molecule has 0 heterocycles. The van der Waals surface area contributed by atoms with Crippen LogP contribution in [0.4, 0.5) is 0 Å². The maximum absolute atomic E-state index is 9.99. The van der Waals surface area contributed by atoms with Crippen molar-refractivity contribution in [2.75, 3.05) is 6.54 Å². The molecule has 0 saturated carbocycles. The number of carbonyl (C=O) groups is 1. The molecule has 9 heavy (non-hydrogen) atoms. The number of rotatable bonds is 3. The van der Waals surface area contributed by atoms with Gasteiger partial charge in [0, 0.05) is 5.92 Å². The fourth-order valence-electron chi connectivity index (χ4n) is 0.372. The van der Waals surface area contributed by atoms with Crippen LogP contribution in [-0.2, 0) is 4.79 Å². The lowest BCUT2D eigenvalue weighted by atomic mass is 10.1. The first-order valence-electron chi connectivity index (χ1n) is 2.70. The fourth-order valence-corrected chi connectivity index (χ4v) is 0.372. The predicted molar refractivity (Wildman–Crippen MR) is 31.9 cm³/mol. The first kappa shape index (κ1) is 8.39. The minimum Gasteiger partial charge on any atom is -0.479 e. The van der Waals surface area contributed by atoms with E-state index in [1.54, 1.807) is 6.92 Å². The van der Waals surface area contributed by atoms with Gasteiger partial charge in [0.1, 0.15) is 0 Å². The summed E-state index contributed by atoms with van der Waals surface area (Å²) >= 11 is 0. The van der Waals surface area contributed by atoms with Gasteiger partial charge in [0.2, 0.25) is 0 Å². The second-order valence-corrected chi connectivity index (χ2v) is 2.00. The van der Waals surface area contributed by atoms with Crippen molar-refractivity contribution in [2.45, 2.75) is 13.0 Å². The number of hydrogen-bond donors (Lipinski definition) is 3. The average molecular weight is 133 g/mol. The maximum atomic E-state index is 9.99. The number of carboxylic acid groups (broad SMARTS) is 1. The molecule has 4 N–H and O–H groups in total. The van der Waals surface area contributed by atoms with Gasteiger partial charge in [-0.05, 0) is 6.54 Å². The lowest BCUT2D eigenvalue weighted by Gasteiger charge is -2.10. The molecule has 4 heteroatoms. The van der Waals surface area contributed by atoms with Crippen LogP contribution in [0.2, 0.25) is 0 Å². The summed E-state index contributed by atoms with van der Waals surface area (Å²) in [5.74, 6) is -1.59. The van der Waals surface area contributed by atoms with Crippen LogP contribution in [-0.4, -0.2) is 28.8 Å². The molecular weight excluding hydrogens is 122 g/mol. The van der Waals surface area contributed by atoms with Crippen molar-refractivity contribution in [3.63, 3.8) is 0 Å². The second-order valence-electron chi connectivity index (χ2n) is 2.00. The fraction of sp³-hybridized carbons (Fsp3) is 0.800. The molecule has 0 radical (unpaired) electrons. The molecule has 4 nitrogen and oxygen atoms in total. The topological polar surface area (TPSA) is 83.5 Å². The van der Waals surface area contributed by atoms with Gasteiger partial charge in [0.05, 0.1) is 0 Å². The molecule has 0 aromatic carbocycles. The summed E-state index contributed by atoms with van der Waals surface area (Å²) in [6, 6.07) is 0. The first-order valence-corrected chi connectivity index (χ1v) is 2.70. The zero-order chi connectivity index (χ0) is 7.44. The summed E-state index contributed by atoms with van der Waals surface area (Å²) in [6.07, 6.45) is -1.32. The Morgan fingerprint density at radius 3 is 2.33 bits per heavy atom. The number of nitrogens with two attached hydrogens (primary N) is 1. The minimum absolute atomic E-state index is 0.188. The van der Waals surface area contributed by atoms with Crippen LogP contribution in [0.1, 0.15) is 6.92 Å². The molecule has 0 fully saturated rings. The van der Waals surface area contributed by atoms with Crippen molar-refractivity contribution >= 4 is 5.97 Å². The summed E-state index contributed by atoms with van der Waals surface area (Å²) in [7, 11) is 0. The van der Waals surface area contributed by atoms with Gasteiger partial charge in [0.25, 0.3) is 0 Å². The predicted octanol–water partition coefficient (Wildman–Crippen LogP) is -0.973. The quantitative estimate of drug-likeness (QED) is 0.462.